The number of β-amino-alcohol motifs (C(OH)–C–C–N with tert-alkyl or cyclic N) is 1. The molecule has 1 saturated heterocycles. The van der Waals surface area contributed by atoms with E-state index in [0.29, 0.717) is 30.8 Å². The van der Waals surface area contributed by atoms with Gasteiger partial charge in [-0.05, 0) is 35.6 Å². The molecule has 0 radical (unpaired) electrons. The zero-order valence-electron chi connectivity index (χ0n) is 22.4. The summed E-state index contributed by atoms with van der Waals surface area (Å²) in [7, 11) is 0. The molecule has 1 fully saturated rings. The predicted molar refractivity (Wildman–Crippen MR) is 145 cm³/mol. The number of piperazine rings is 1. The van der Waals surface area contributed by atoms with Gasteiger partial charge >= 0.3 is 1.43 Å². The smallest absolute Gasteiger partial charge is 1.00 e. The normalized spacial score (nSPS) is 16.8. The van der Waals surface area contributed by atoms with Crippen LogP contribution in [0.4, 0.5) is 0 Å². The summed E-state index contributed by atoms with van der Waals surface area (Å²) >= 11 is 0. The topological polar surface area (TPSA) is 73.3 Å². The molecule has 0 spiro atoms. The summed E-state index contributed by atoms with van der Waals surface area (Å²) in [4.78, 5) is 32.1. The highest BCUT2D eigenvalue weighted by atomic mass is 35.5. The van der Waals surface area contributed by atoms with E-state index in [0.717, 1.165) is 54.7 Å². The number of halogens is 1. The number of allylic oxidation sites excluding steroid dienone is 1. The zero-order chi connectivity index (χ0) is 25.8. The molecule has 0 aromatic heterocycles. The van der Waals surface area contributed by atoms with Gasteiger partial charge in [-0.15, -0.1) is 6.58 Å². The maximum atomic E-state index is 13.1. The molecule has 7 nitrogen and oxygen atoms in total. The molecule has 1 atom stereocenters. The lowest BCUT2D eigenvalue weighted by molar-refractivity contribution is -0.0000341. The molecule has 1 N–H and O–H groups in total. The van der Waals surface area contributed by atoms with Gasteiger partial charge in [0.2, 0.25) is 0 Å². The minimum Gasteiger partial charge on any atom is -1.00 e. The lowest BCUT2D eigenvalue weighted by Gasteiger charge is -2.36. The van der Waals surface area contributed by atoms with Crippen molar-refractivity contribution in [3.8, 4) is 5.75 Å². The number of hydrogen-bond acceptors (Lipinski definition) is 6. The summed E-state index contributed by atoms with van der Waals surface area (Å²) in [5.74, 6) is 0.350. The van der Waals surface area contributed by atoms with Crippen molar-refractivity contribution in [3.63, 3.8) is 0 Å². The van der Waals surface area contributed by atoms with Crippen LogP contribution in [0.25, 0.3) is 10.8 Å². The van der Waals surface area contributed by atoms with Gasteiger partial charge in [0.05, 0.1) is 0 Å². The van der Waals surface area contributed by atoms with Gasteiger partial charge in [0.25, 0.3) is 11.8 Å². The molecule has 5 rings (SSSR count). The molecule has 2 aliphatic rings. The van der Waals surface area contributed by atoms with E-state index in [1.807, 2.05) is 54.6 Å². The maximum Gasteiger partial charge on any atom is 1.00 e. The fourth-order valence-corrected chi connectivity index (χ4v) is 5.23. The quantitative estimate of drug-likeness (QED) is 0.298. The van der Waals surface area contributed by atoms with E-state index in [9.17, 15) is 14.7 Å². The van der Waals surface area contributed by atoms with Crippen LogP contribution in [0.15, 0.2) is 73.3 Å². The molecule has 0 saturated carbocycles. The Balaban J connectivity index is 0.00000210. The number of ether oxygens (including phenoxy) is 1. The molecule has 38 heavy (non-hydrogen) atoms. The van der Waals surface area contributed by atoms with E-state index in [4.69, 9.17) is 4.74 Å². The number of imide groups is 1. The minimum atomic E-state index is -0.588. The number of benzene rings is 3. The second-order valence-electron chi connectivity index (χ2n) is 9.68. The van der Waals surface area contributed by atoms with Crippen LogP contribution < -0.4 is 17.1 Å². The lowest BCUT2D eigenvalue weighted by atomic mass is 9.94. The number of carbonyl (C=O) groups excluding carboxylic acids is 2. The summed E-state index contributed by atoms with van der Waals surface area (Å²) < 4.78 is 5.88. The van der Waals surface area contributed by atoms with Gasteiger partial charge in [0.15, 0.2) is 0 Å². The van der Waals surface area contributed by atoms with Gasteiger partial charge in [-0.25, -0.2) is 0 Å². The number of amides is 2. The Hall–Kier alpha value is -3.23. The molecule has 2 amide bonds. The Bertz CT molecular complexity index is 1260. The number of nitrogens with zero attached hydrogens (tertiary/aromatic N) is 3. The first-order chi connectivity index (χ1) is 18.0. The number of para-hydroxylation sites is 1. The van der Waals surface area contributed by atoms with E-state index >= 15 is 0 Å². The third-order valence-electron chi connectivity index (χ3n) is 7.20. The van der Waals surface area contributed by atoms with Crippen LogP contribution in [0.1, 0.15) is 27.7 Å². The average Bonchev–Trinajstić information content (AvgIpc) is 2.92. The van der Waals surface area contributed by atoms with Crippen LogP contribution in [0, 0.1) is 0 Å². The van der Waals surface area contributed by atoms with Crippen molar-refractivity contribution in [1.82, 2.24) is 14.7 Å². The largest absolute Gasteiger partial charge is 1.00 e. The highest BCUT2D eigenvalue weighted by molar-refractivity contribution is 6.25. The molecule has 1 unspecified atom stereocenters. The Morgan fingerprint density at radius 2 is 1.53 bits per heavy atom. The first-order valence-electron chi connectivity index (χ1n) is 12.9. The fraction of sp³-hybridized carbons (Fsp3) is 0.333. The molecule has 200 valence electrons. The zero-order valence-corrected chi connectivity index (χ0v) is 22.1. The third kappa shape index (κ3) is 5.92. The Morgan fingerprint density at radius 3 is 2.18 bits per heavy atom. The van der Waals surface area contributed by atoms with E-state index in [2.05, 4.69) is 16.4 Å². The SMILES string of the molecule is C=CCc1ccccc1OCC(O)CN1CCN(CCN2C(=O)c3cccc4cccc(c34)C2=O)CC1.[Cl-].[H+]. The first kappa shape index (κ1) is 27.8. The van der Waals surface area contributed by atoms with Crippen molar-refractivity contribution < 1.29 is 33.3 Å². The molecule has 3 aromatic rings. The lowest BCUT2D eigenvalue weighted by Crippen LogP contribution is -3.00. The van der Waals surface area contributed by atoms with Gasteiger partial charge in [0, 0.05) is 62.3 Å². The van der Waals surface area contributed by atoms with Crippen LogP contribution in [-0.4, -0.2) is 90.1 Å². The third-order valence-corrected chi connectivity index (χ3v) is 7.20. The highest BCUT2D eigenvalue weighted by Gasteiger charge is 2.33. The minimum absolute atomic E-state index is 0. The van der Waals surface area contributed by atoms with Crippen molar-refractivity contribution in [2.75, 3.05) is 52.4 Å². The molecule has 2 aliphatic heterocycles. The van der Waals surface area contributed by atoms with Crippen molar-refractivity contribution >= 4 is 22.6 Å². The summed E-state index contributed by atoms with van der Waals surface area (Å²) in [6.07, 6.45) is 1.98. The second kappa shape index (κ2) is 12.5. The second-order valence-corrected chi connectivity index (χ2v) is 9.68. The Morgan fingerprint density at radius 1 is 0.895 bits per heavy atom. The van der Waals surface area contributed by atoms with Crippen LogP contribution in [0.3, 0.4) is 0 Å². The van der Waals surface area contributed by atoms with Crippen molar-refractivity contribution in [2.24, 2.45) is 0 Å². The van der Waals surface area contributed by atoms with Crippen LogP contribution in [0.2, 0.25) is 0 Å². The van der Waals surface area contributed by atoms with E-state index < -0.39 is 6.10 Å². The van der Waals surface area contributed by atoms with Gasteiger partial charge in [0.1, 0.15) is 18.5 Å². The number of carbonyl (C=O) groups is 2. The van der Waals surface area contributed by atoms with Gasteiger partial charge in [-0.3, -0.25) is 24.3 Å². The number of hydrogen-bond donors (Lipinski definition) is 1. The molecule has 0 aliphatic carbocycles. The van der Waals surface area contributed by atoms with Crippen molar-refractivity contribution in [2.45, 2.75) is 12.5 Å². The summed E-state index contributed by atoms with van der Waals surface area (Å²) in [5.41, 5.74) is 2.26. The molecule has 3 aromatic carbocycles. The van der Waals surface area contributed by atoms with Gasteiger partial charge in [-0.2, -0.15) is 0 Å². The molecule has 2 heterocycles. The molecule has 8 heteroatoms. The highest BCUT2D eigenvalue weighted by Crippen LogP contribution is 2.29. The summed E-state index contributed by atoms with van der Waals surface area (Å²) in [6, 6.07) is 19.0. The Labute approximate surface area is 231 Å². The summed E-state index contributed by atoms with van der Waals surface area (Å²) in [6.45, 7) is 8.83. The molecule has 0 bridgehead atoms. The summed E-state index contributed by atoms with van der Waals surface area (Å²) in [5, 5.41) is 12.2. The Kier molecular flexibility index (Phi) is 9.17. The number of rotatable bonds is 10. The van der Waals surface area contributed by atoms with Gasteiger partial charge < -0.3 is 22.3 Å². The van der Waals surface area contributed by atoms with Crippen LogP contribution in [-0.2, 0) is 6.42 Å². The maximum absolute atomic E-state index is 13.1. The monoisotopic (exact) mass is 535 g/mol. The van der Waals surface area contributed by atoms with Crippen molar-refractivity contribution in [3.05, 3.63) is 90.0 Å². The predicted octanol–water partition coefficient (Wildman–Crippen LogP) is 0.338. The van der Waals surface area contributed by atoms with Crippen LogP contribution in [0.5, 0.6) is 5.75 Å². The van der Waals surface area contributed by atoms with Gasteiger partial charge in [-0.1, -0.05) is 48.5 Å². The van der Waals surface area contributed by atoms with Crippen LogP contribution >= 0.6 is 0 Å². The van der Waals surface area contributed by atoms with E-state index in [1.54, 1.807) is 12.1 Å². The standard InChI is InChI=1S/C30H33N3O4.ClH/c1-2-7-22-8-3-4-13-27(22)37-21-24(34)20-32-16-14-31(15-17-32)18-19-33-29(35)25-11-5-9-23-10-6-12-26(28(23)25)30(33)36;/h2-6,8-13,24,34H,1,7,14-21H2;1H. The van der Waals surface area contributed by atoms with Crippen molar-refractivity contribution in [1.29, 1.82) is 0 Å². The number of aliphatic hydroxyl groups excluding tert-OH is 1. The first-order valence-corrected chi connectivity index (χ1v) is 12.9. The fourth-order valence-electron chi connectivity index (χ4n) is 5.23. The van der Waals surface area contributed by atoms with E-state index in [-0.39, 0.29) is 32.3 Å². The molecular weight excluding hydrogens is 502 g/mol. The van der Waals surface area contributed by atoms with E-state index in [1.165, 1.54) is 4.90 Å². The molecular formula is C30H34ClN3O4. The number of aliphatic hydroxyl groups is 1. The average molecular weight is 536 g/mol.